The summed E-state index contributed by atoms with van der Waals surface area (Å²) in [6.07, 6.45) is 2.19. The number of rotatable bonds is 12. The van der Waals surface area contributed by atoms with Gasteiger partial charge in [-0.3, -0.25) is 9.69 Å². The van der Waals surface area contributed by atoms with Crippen LogP contribution in [-0.2, 0) is 15.6 Å². The van der Waals surface area contributed by atoms with Gasteiger partial charge in [-0.15, -0.1) is 0 Å². The van der Waals surface area contributed by atoms with E-state index in [1.54, 1.807) is 16.7 Å². The molecule has 0 spiro atoms. The Balaban J connectivity index is 1.36. The molecule has 1 heterocycles. The van der Waals surface area contributed by atoms with E-state index in [0.29, 0.717) is 17.3 Å². The van der Waals surface area contributed by atoms with Crippen molar-refractivity contribution in [2.24, 2.45) is 5.92 Å². The topological polar surface area (TPSA) is 49.8 Å². The molecule has 0 aliphatic carbocycles. The van der Waals surface area contributed by atoms with Crippen molar-refractivity contribution < 1.29 is 14.3 Å². The minimum Gasteiger partial charge on any atom is -0.407 e. The van der Waals surface area contributed by atoms with E-state index in [2.05, 4.69) is 93.6 Å². The molecule has 1 N–H and O–H groups in total. The average Bonchev–Trinajstić information content (AvgIpc) is 3.34. The van der Waals surface area contributed by atoms with Crippen molar-refractivity contribution >= 4 is 52.9 Å². The van der Waals surface area contributed by atoms with Crippen LogP contribution >= 0.6 is 24.0 Å². The number of carbonyl (C=O) groups excluding carboxylic acids is 1. The Hall–Kier alpha value is -2.29. The van der Waals surface area contributed by atoms with Gasteiger partial charge in [0.2, 0.25) is 5.91 Å². The van der Waals surface area contributed by atoms with Crippen LogP contribution < -0.4 is 10.4 Å². The van der Waals surface area contributed by atoms with Crippen LogP contribution in [0.5, 0.6) is 0 Å². The van der Waals surface area contributed by atoms with Crippen molar-refractivity contribution in [3.05, 3.63) is 96.6 Å². The van der Waals surface area contributed by atoms with E-state index in [4.69, 9.17) is 16.6 Å². The minimum atomic E-state index is -2.57. The van der Waals surface area contributed by atoms with Crippen molar-refractivity contribution in [1.82, 2.24) is 4.90 Å². The standard InChI is InChI=1S/C34H43NO3S2Si/c1-26(32(37)35-28(25-40-33(35)39)24-27-16-8-5-9-17-27)31(36)22-14-15-23-38-41(34(2,3)4,29-18-10-6-11-19-29)30-20-12-7-13-21-30/h5-13,16-21,26,28,31,36H,14-15,22-25H2,1-4H3/t26-,28+,31+/m1/s1. The molecule has 3 atom stereocenters. The van der Waals surface area contributed by atoms with Gasteiger partial charge < -0.3 is 9.53 Å². The first-order valence-electron chi connectivity index (χ1n) is 14.6. The van der Waals surface area contributed by atoms with Gasteiger partial charge in [-0.05, 0) is 46.7 Å². The monoisotopic (exact) mass is 605 g/mol. The molecule has 0 unspecified atom stereocenters. The van der Waals surface area contributed by atoms with Gasteiger partial charge in [0.1, 0.15) is 4.32 Å². The SMILES string of the molecule is C[C@@H](C(=O)N1C(=S)SC[C@@H]1Cc1ccccc1)[C@@H](O)CCCCO[Si](c1ccccc1)(c1ccccc1)C(C)(C)C. The predicted molar refractivity (Wildman–Crippen MR) is 178 cm³/mol. The Morgan fingerprint density at radius 1 is 0.976 bits per heavy atom. The fraction of sp³-hybridized carbons (Fsp3) is 0.412. The van der Waals surface area contributed by atoms with Gasteiger partial charge in [-0.1, -0.05) is 143 Å². The molecule has 41 heavy (non-hydrogen) atoms. The van der Waals surface area contributed by atoms with Gasteiger partial charge in [-0.2, -0.15) is 0 Å². The Kier molecular flexibility index (Phi) is 11.0. The molecular formula is C34H43NO3S2Si. The summed E-state index contributed by atoms with van der Waals surface area (Å²) in [7, 11) is -2.57. The van der Waals surface area contributed by atoms with Crippen molar-refractivity contribution in [2.75, 3.05) is 12.4 Å². The molecule has 1 aliphatic rings. The van der Waals surface area contributed by atoms with Crippen LogP contribution in [0.2, 0.25) is 5.04 Å². The van der Waals surface area contributed by atoms with E-state index in [1.807, 2.05) is 25.1 Å². The Morgan fingerprint density at radius 2 is 1.51 bits per heavy atom. The van der Waals surface area contributed by atoms with Crippen LogP contribution in [0, 0.1) is 5.92 Å². The highest BCUT2D eigenvalue weighted by atomic mass is 32.2. The molecule has 1 fully saturated rings. The second-order valence-electron chi connectivity index (χ2n) is 12.0. The molecule has 3 aromatic rings. The van der Waals surface area contributed by atoms with Crippen LogP contribution in [0.1, 0.15) is 52.5 Å². The second-order valence-corrected chi connectivity index (χ2v) is 18.0. The highest BCUT2D eigenvalue weighted by molar-refractivity contribution is 8.23. The van der Waals surface area contributed by atoms with Crippen molar-refractivity contribution in [1.29, 1.82) is 0 Å². The number of unbranched alkanes of at least 4 members (excludes halogenated alkanes) is 1. The fourth-order valence-electron chi connectivity index (χ4n) is 5.84. The first-order valence-corrected chi connectivity index (χ1v) is 17.9. The number of aliphatic hydroxyl groups excluding tert-OH is 1. The number of hydrogen-bond acceptors (Lipinski definition) is 5. The number of aliphatic hydroxyl groups is 1. The number of carbonyl (C=O) groups is 1. The number of nitrogens with zero attached hydrogens (tertiary/aromatic N) is 1. The first kappa shape index (κ1) is 31.6. The summed E-state index contributed by atoms with van der Waals surface area (Å²) in [4.78, 5) is 15.2. The van der Waals surface area contributed by atoms with Gasteiger partial charge in [0.25, 0.3) is 8.32 Å². The summed E-state index contributed by atoms with van der Waals surface area (Å²) < 4.78 is 7.60. The molecule has 1 saturated heterocycles. The summed E-state index contributed by atoms with van der Waals surface area (Å²) in [6, 6.07) is 31.5. The summed E-state index contributed by atoms with van der Waals surface area (Å²) >= 11 is 7.11. The van der Waals surface area contributed by atoms with Gasteiger partial charge in [0.05, 0.1) is 18.1 Å². The molecule has 0 aromatic heterocycles. The Morgan fingerprint density at radius 3 is 2.05 bits per heavy atom. The van der Waals surface area contributed by atoms with Gasteiger partial charge >= 0.3 is 0 Å². The molecule has 3 aromatic carbocycles. The number of hydrogen-bond donors (Lipinski definition) is 1. The highest BCUT2D eigenvalue weighted by Gasteiger charge is 2.50. The number of thiocarbonyl (C=S) groups is 1. The number of benzene rings is 3. The molecule has 0 bridgehead atoms. The molecule has 7 heteroatoms. The van der Waals surface area contributed by atoms with Gasteiger partial charge in [0.15, 0.2) is 0 Å². The predicted octanol–water partition coefficient (Wildman–Crippen LogP) is 6.20. The molecule has 218 valence electrons. The molecule has 0 saturated carbocycles. The van der Waals surface area contributed by atoms with Crippen molar-refractivity contribution in [2.45, 2.75) is 70.6 Å². The third-order valence-electron chi connectivity index (χ3n) is 8.11. The van der Waals surface area contributed by atoms with E-state index in [-0.39, 0.29) is 17.0 Å². The van der Waals surface area contributed by atoms with Crippen LogP contribution in [0.15, 0.2) is 91.0 Å². The summed E-state index contributed by atoms with van der Waals surface area (Å²) in [5, 5.41) is 13.5. The van der Waals surface area contributed by atoms with E-state index in [9.17, 15) is 9.90 Å². The van der Waals surface area contributed by atoms with Crippen LogP contribution in [0.3, 0.4) is 0 Å². The maximum absolute atomic E-state index is 13.5. The smallest absolute Gasteiger partial charge is 0.261 e. The van der Waals surface area contributed by atoms with Gasteiger partial charge in [0, 0.05) is 12.4 Å². The zero-order chi connectivity index (χ0) is 29.5. The van der Waals surface area contributed by atoms with E-state index < -0.39 is 20.3 Å². The zero-order valence-corrected chi connectivity index (χ0v) is 27.3. The normalized spacial score (nSPS) is 17.4. The second kappa shape index (κ2) is 14.3. The van der Waals surface area contributed by atoms with Crippen LogP contribution in [-0.4, -0.2) is 53.1 Å². The molecule has 1 aliphatic heterocycles. The van der Waals surface area contributed by atoms with E-state index in [1.165, 1.54) is 15.9 Å². The minimum absolute atomic E-state index is 0.0249. The fourth-order valence-corrected chi connectivity index (χ4v) is 11.9. The lowest BCUT2D eigenvalue weighted by Gasteiger charge is -2.43. The molecule has 4 nitrogen and oxygen atoms in total. The van der Waals surface area contributed by atoms with Gasteiger partial charge in [-0.25, -0.2) is 0 Å². The molecule has 1 amide bonds. The highest BCUT2D eigenvalue weighted by Crippen LogP contribution is 2.37. The Labute approximate surface area is 256 Å². The van der Waals surface area contributed by atoms with Crippen molar-refractivity contribution in [3.63, 3.8) is 0 Å². The number of thioether (sulfide) groups is 1. The number of amides is 1. The third-order valence-corrected chi connectivity index (χ3v) is 14.7. The lowest BCUT2D eigenvalue weighted by molar-refractivity contribution is -0.135. The molecule has 4 rings (SSSR count). The van der Waals surface area contributed by atoms with E-state index >= 15 is 0 Å². The largest absolute Gasteiger partial charge is 0.407 e. The van der Waals surface area contributed by atoms with Crippen LogP contribution in [0.25, 0.3) is 0 Å². The lowest BCUT2D eigenvalue weighted by Crippen LogP contribution is -2.66. The maximum Gasteiger partial charge on any atom is 0.261 e. The van der Waals surface area contributed by atoms with E-state index in [0.717, 1.165) is 25.0 Å². The first-order chi connectivity index (χ1) is 19.6. The lowest BCUT2D eigenvalue weighted by atomic mass is 9.97. The van der Waals surface area contributed by atoms with Crippen LogP contribution in [0.4, 0.5) is 0 Å². The average molecular weight is 606 g/mol. The molecule has 0 radical (unpaired) electrons. The summed E-state index contributed by atoms with van der Waals surface area (Å²) in [5.74, 6) is 0.210. The summed E-state index contributed by atoms with van der Waals surface area (Å²) in [5.41, 5.74) is 1.19. The maximum atomic E-state index is 13.5. The summed E-state index contributed by atoms with van der Waals surface area (Å²) in [6.45, 7) is 9.28. The zero-order valence-electron chi connectivity index (χ0n) is 24.7. The third kappa shape index (κ3) is 7.38. The molecular weight excluding hydrogens is 563 g/mol. The van der Waals surface area contributed by atoms with Crippen molar-refractivity contribution in [3.8, 4) is 0 Å². The Bertz CT molecular complexity index is 1230. The quantitative estimate of drug-likeness (QED) is 0.151.